The fourth-order valence-corrected chi connectivity index (χ4v) is 3.07. The largest absolute Gasteiger partial charge is 0.322 e. The monoisotopic (exact) mass is 361 g/mol. The Balaban J connectivity index is 1.85. The maximum Gasteiger partial charge on any atom is 0.228 e. The van der Waals surface area contributed by atoms with Crippen LogP contribution in [-0.2, 0) is 23.1 Å². The second kappa shape index (κ2) is 7.78. The lowest BCUT2D eigenvalue weighted by Crippen LogP contribution is -2.15. The van der Waals surface area contributed by atoms with Gasteiger partial charge in [0.15, 0.2) is 0 Å². The summed E-state index contributed by atoms with van der Waals surface area (Å²) in [4.78, 5) is 12.6. The molecule has 0 saturated heterocycles. The van der Waals surface area contributed by atoms with Crippen molar-refractivity contribution in [1.82, 2.24) is 10.2 Å². The van der Waals surface area contributed by atoms with Gasteiger partial charge in [-0.25, -0.2) is 0 Å². The zero-order valence-electron chi connectivity index (χ0n) is 16.5. The summed E-state index contributed by atoms with van der Waals surface area (Å²) < 4.78 is 0. The average molecular weight is 361 g/mol. The topological polar surface area (TPSA) is 57.8 Å². The molecule has 3 rings (SSSR count). The molecule has 4 nitrogen and oxygen atoms in total. The number of aromatic nitrogens is 2. The highest BCUT2D eigenvalue weighted by Crippen LogP contribution is 2.31. The van der Waals surface area contributed by atoms with Crippen molar-refractivity contribution >= 4 is 11.6 Å². The Labute approximate surface area is 161 Å². The van der Waals surface area contributed by atoms with Crippen molar-refractivity contribution < 1.29 is 4.79 Å². The van der Waals surface area contributed by atoms with Crippen molar-refractivity contribution in [2.45, 2.75) is 46.0 Å². The van der Waals surface area contributed by atoms with Crippen molar-refractivity contribution in [2.75, 3.05) is 5.32 Å². The Hall–Kier alpha value is -2.88. The summed E-state index contributed by atoms with van der Waals surface area (Å²) in [7, 11) is 0. The van der Waals surface area contributed by atoms with Gasteiger partial charge in [-0.15, -0.1) is 0 Å². The van der Waals surface area contributed by atoms with Crippen LogP contribution >= 0.6 is 0 Å². The maximum atomic E-state index is 12.6. The molecule has 1 amide bonds. The molecular formula is C23H27N3O. The van der Waals surface area contributed by atoms with Crippen LogP contribution in [0, 0.1) is 0 Å². The number of hydrogen-bond acceptors (Lipinski definition) is 2. The number of rotatable bonds is 5. The van der Waals surface area contributed by atoms with Crippen molar-refractivity contribution in [3.8, 4) is 11.3 Å². The normalized spacial score (nSPS) is 11.4. The first-order chi connectivity index (χ1) is 12.9. The number of aromatic amines is 1. The summed E-state index contributed by atoms with van der Waals surface area (Å²) in [5.74, 6) is -0.0372. The molecule has 0 spiro atoms. The van der Waals surface area contributed by atoms with Crippen molar-refractivity contribution in [3.63, 3.8) is 0 Å². The Bertz CT molecular complexity index is 903. The molecule has 0 aliphatic carbocycles. The molecule has 0 radical (unpaired) electrons. The van der Waals surface area contributed by atoms with Crippen LogP contribution in [0.5, 0.6) is 0 Å². The lowest BCUT2D eigenvalue weighted by molar-refractivity contribution is -0.115. The second-order valence-electron chi connectivity index (χ2n) is 7.82. The Morgan fingerprint density at radius 1 is 1.04 bits per heavy atom. The first-order valence-electron chi connectivity index (χ1n) is 9.40. The quantitative estimate of drug-likeness (QED) is 0.663. The van der Waals surface area contributed by atoms with E-state index in [9.17, 15) is 4.79 Å². The number of benzene rings is 2. The molecule has 0 atom stereocenters. The summed E-state index contributed by atoms with van der Waals surface area (Å²) >= 11 is 0. The average Bonchev–Trinajstić information content (AvgIpc) is 3.04. The summed E-state index contributed by atoms with van der Waals surface area (Å²) in [6, 6.07) is 18.2. The van der Waals surface area contributed by atoms with Gasteiger partial charge < -0.3 is 5.32 Å². The van der Waals surface area contributed by atoms with Crippen molar-refractivity contribution in [3.05, 3.63) is 71.4 Å². The van der Waals surface area contributed by atoms with Crippen LogP contribution in [0.25, 0.3) is 11.3 Å². The lowest BCUT2D eigenvalue weighted by Gasteiger charge is -2.19. The molecular weight excluding hydrogens is 334 g/mol. The third kappa shape index (κ3) is 4.45. The van der Waals surface area contributed by atoms with Crippen molar-refractivity contribution in [2.24, 2.45) is 0 Å². The standard InChI is InChI=1S/C23H27N3O/c1-5-19-22(24-20(27)15-16-9-7-6-8-10-16)21(26-25-19)17-11-13-18(14-12-17)23(2,3)4/h6-14H,5,15H2,1-4H3,(H,24,27)(H,25,26). The molecule has 140 valence electrons. The first kappa shape index (κ1) is 18.9. The van der Waals surface area contributed by atoms with E-state index < -0.39 is 0 Å². The van der Waals surface area contributed by atoms with Crippen LogP contribution in [0.3, 0.4) is 0 Å². The van der Waals surface area contributed by atoms with E-state index in [0.717, 1.165) is 34.6 Å². The van der Waals surface area contributed by atoms with Gasteiger partial charge in [-0.3, -0.25) is 9.89 Å². The second-order valence-corrected chi connectivity index (χ2v) is 7.82. The van der Waals surface area contributed by atoms with E-state index in [1.54, 1.807) is 0 Å². The minimum Gasteiger partial charge on any atom is -0.322 e. The molecule has 3 aromatic rings. The van der Waals surface area contributed by atoms with Crippen LogP contribution in [-0.4, -0.2) is 16.1 Å². The van der Waals surface area contributed by atoms with Crippen LogP contribution in [0.15, 0.2) is 54.6 Å². The predicted molar refractivity (Wildman–Crippen MR) is 111 cm³/mol. The van der Waals surface area contributed by atoms with Crippen LogP contribution in [0.4, 0.5) is 5.69 Å². The lowest BCUT2D eigenvalue weighted by atomic mass is 9.86. The van der Waals surface area contributed by atoms with Gasteiger partial charge in [0.05, 0.1) is 17.8 Å². The Kier molecular flexibility index (Phi) is 5.45. The number of aryl methyl sites for hydroxylation is 1. The molecule has 0 aliphatic heterocycles. The molecule has 0 aliphatic rings. The maximum absolute atomic E-state index is 12.6. The highest BCUT2D eigenvalue weighted by atomic mass is 16.1. The zero-order valence-corrected chi connectivity index (χ0v) is 16.5. The van der Waals surface area contributed by atoms with Crippen molar-refractivity contribution in [1.29, 1.82) is 0 Å². The first-order valence-corrected chi connectivity index (χ1v) is 9.40. The van der Waals surface area contributed by atoms with Crippen LogP contribution in [0.2, 0.25) is 0 Å². The highest BCUT2D eigenvalue weighted by molar-refractivity contribution is 5.96. The molecule has 1 heterocycles. The van der Waals surface area contributed by atoms with E-state index in [1.807, 2.05) is 37.3 Å². The zero-order chi connectivity index (χ0) is 19.4. The van der Waals surface area contributed by atoms with E-state index in [-0.39, 0.29) is 11.3 Å². The van der Waals surface area contributed by atoms with Crippen LogP contribution in [0.1, 0.15) is 44.5 Å². The number of amides is 1. The molecule has 4 heteroatoms. The fraction of sp³-hybridized carbons (Fsp3) is 0.304. The van der Waals surface area contributed by atoms with Gasteiger partial charge in [0.1, 0.15) is 5.69 Å². The summed E-state index contributed by atoms with van der Waals surface area (Å²) in [5.41, 5.74) is 5.86. The molecule has 1 aromatic heterocycles. The minimum absolute atomic E-state index is 0.0372. The van der Waals surface area contributed by atoms with E-state index in [1.165, 1.54) is 5.56 Å². The Morgan fingerprint density at radius 2 is 1.70 bits per heavy atom. The summed E-state index contributed by atoms with van der Waals surface area (Å²) in [6.07, 6.45) is 1.12. The number of anilines is 1. The fourth-order valence-electron chi connectivity index (χ4n) is 3.07. The minimum atomic E-state index is -0.0372. The number of hydrogen-bond donors (Lipinski definition) is 2. The molecule has 0 bridgehead atoms. The number of carbonyl (C=O) groups excluding carboxylic acids is 1. The van der Waals surface area contributed by atoms with E-state index >= 15 is 0 Å². The van der Waals surface area contributed by atoms with Gasteiger partial charge in [-0.1, -0.05) is 82.3 Å². The van der Waals surface area contributed by atoms with E-state index in [2.05, 4.69) is 60.6 Å². The number of nitrogens with one attached hydrogen (secondary N) is 2. The van der Waals surface area contributed by atoms with Gasteiger partial charge >= 0.3 is 0 Å². The van der Waals surface area contributed by atoms with Gasteiger partial charge in [0.25, 0.3) is 0 Å². The smallest absolute Gasteiger partial charge is 0.228 e. The van der Waals surface area contributed by atoms with E-state index in [4.69, 9.17) is 0 Å². The molecule has 0 unspecified atom stereocenters. The summed E-state index contributed by atoms with van der Waals surface area (Å²) in [6.45, 7) is 8.63. The van der Waals surface area contributed by atoms with E-state index in [0.29, 0.717) is 6.42 Å². The number of carbonyl (C=O) groups is 1. The Morgan fingerprint density at radius 3 is 2.30 bits per heavy atom. The molecule has 2 N–H and O–H groups in total. The number of H-pyrrole nitrogens is 1. The van der Waals surface area contributed by atoms with Gasteiger partial charge in [-0.05, 0) is 23.0 Å². The molecule has 27 heavy (non-hydrogen) atoms. The number of nitrogens with zero attached hydrogens (tertiary/aromatic N) is 1. The van der Waals surface area contributed by atoms with Gasteiger partial charge in [0.2, 0.25) is 5.91 Å². The predicted octanol–water partition coefficient (Wildman–Crippen LogP) is 5.12. The third-order valence-corrected chi connectivity index (χ3v) is 4.69. The summed E-state index contributed by atoms with van der Waals surface area (Å²) in [5, 5.41) is 10.6. The molecule has 0 fully saturated rings. The SMILES string of the molecule is CCc1[nH]nc(-c2ccc(C(C)(C)C)cc2)c1NC(=O)Cc1ccccc1. The van der Waals surface area contributed by atoms with Gasteiger partial charge in [0, 0.05) is 5.56 Å². The molecule has 0 saturated carbocycles. The van der Waals surface area contributed by atoms with Gasteiger partial charge in [-0.2, -0.15) is 5.10 Å². The molecule has 2 aromatic carbocycles. The van der Waals surface area contributed by atoms with Crippen LogP contribution < -0.4 is 5.32 Å². The third-order valence-electron chi connectivity index (χ3n) is 4.69. The highest BCUT2D eigenvalue weighted by Gasteiger charge is 2.18.